The van der Waals surface area contributed by atoms with Crippen LogP contribution in [0.4, 0.5) is 11.8 Å². The third kappa shape index (κ3) is 3.03. The number of furan rings is 1. The van der Waals surface area contributed by atoms with Crippen LogP contribution in [0, 0.1) is 11.3 Å². The molecular weight excluding hydrogens is 360 g/mol. The van der Waals surface area contributed by atoms with E-state index in [0.717, 1.165) is 27.7 Å². The third-order valence-electron chi connectivity index (χ3n) is 4.74. The fraction of sp³-hybridized carbons (Fsp3) is 0. The Morgan fingerprint density at radius 3 is 2.17 bits per heavy atom. The zero-order valence-electron chi connectivity index (χ0n) is 15.4. The van der Waals surface area contributed by atoms with Gasteiger partial charge in [-0.15, -0.1) is 0 Å². The van der Waals surface area contributed by atoms with Gasteiger partial charge in [0.05, 0.1) is 11.0 Å². The van der Waals surface area contributed by atoms with E-state index in [-0.39, 0.29) is 0 Å². The van der Waals surface area contributed by atoms with Gasteiger partial charge in [-0.3, -0.25) is 5.32 Å². The van der Waals surface area contributed by atoms with Gasteiger partial charge in [0.25, 0.3) is 0 Å². The van der Waals surface area contributed by atoms with Crippen LogP contribution in [0.15, 0.2) is 89.3 Å². The molecule has 5 aromatic rings. The van der Waals surface area contributed by atoms with Crippen molar-refractivity contribution in [2.45, 2.75) is 0 Å². The van der Waals surface area contributed by atoms with Crippen LogP contribution in [0.3, 0.4) is 0 Å². The Hall–Kier alpha value is -4.30. The molecule has 5 heteroatoms. The first-order valence-electron chi connectivity index (χ1n) is 9.23. The van der Waals surface area contributed by atoms with E-state index in [0.29, 0.717) is 23.2 Å². The number of hydrogen-bond donors (Lipinski definition) is 2. The zero-order chi connectivity index (χ0) is 19.6. The van der Waals surface area contributed by atoms with Gasteiger partial charge in [0.2, 0.25) is 11.8 Å². The highest BCUT2D eigenvalue weighted by molar-refractivity contribution is 5.89. The highest BCUT2D eigenvalue weighted by atomic mass is 16.4. The molecule has 0 atom stereocenters. The molecule has 2 aromatic heterocycles. The molecule has 0 saturated carbocycles. The van der Waals surface area contributed by atoms with Crippen LogP contribution < -0.4 is 5.32 Å². The van der Waals surface area contributed by atoms with Crippen molar-refractivity contribution >= 4 is 22.9 Å². The molecule has 3 aromatic carbocycles. The number of para-hydroxylation sites is 2. The van der Waals surface area contributed by atoms with Crippen molar-refractivity contribution in [1.29, 1.82) is 5.26 Å². The number of fused-ring (bicyclic) bond motifs is 1. The van der Waals surface area contributed by atoms with E-state index >= 15 is 0 Å². The van der Waals surface area contributed by atoms with Crippen molar-refractivity contribution in [1.82, 2.24) is 9.97 Å². The van der Waals surface area contributed by atoms with Crippen LogP contribution >= 0.6 is 0 Å². The van der Waals surface area contributed by atoms with E-state index < -0.39 is 0 Å². The number of hydrogen-bond acceptors (Lipinski definition) is 4. The van der Waals surface area contributed by atoms with Gasteiger partial charge in [0.1, 0.15) is 17.4 Å². The quantitative estimate of drug-likeness (QED) is 0.397. The van der Waals surface area contributed by atoms with Gasteiger partial charge < -0.3 is 9.40 Å². The smallest absolute Gasteiger partial charge is 0.218 e. The normalized spacial score (nSPS) is 10.7. The van der Waals surface area contributed by atoms with Crippen molar-refractivity contribution in [2.24, 2.45) is 0 Å². The lowest BCUT2D eigenvalue weighted by Gasteiger charge is -2.03. The fourth-order valence-corrected chi connectivity index (χ4v) is 3.42. The molecule has 0 aliphatic carbocycles. The molecular formula is C24H16N4O. The first kappa shape index (κ1) is 16.8. The number of anilines is 2. The summed E-state index contributed by atoms with van der Waals surface area (Å²) in [6, 6.07) is 29.6. The summed E-state index contributed by atoms with van der Waals surface area (Å²) in [6.45, 7) is 0. The van der Waals surface area contributed by atoms with E-state index in [4.69, 9.17) is 4.42 Å². The van der Waals surface area contributed by atoms with Gasteiger partial charge in [0, 0.05) is 11.1 Å². The molecule has 2 N–H and O–H groups in total. The number of benzene rings is 3. The van der Waals surface area contributed by atoms with Crippen LogP contribution in [-0.2, 0) is 0 Å². The summed E-state index contributed by atoms with van der Waals surface area (Å²) < 4.78 is 6.18. The van der Waals surface area contributed by atoms with Crippen LogP contribution in [0.25, 0.3) is 33.5 Å². The maximum Gasteiger partial charge on any atom is 0.218 e. The average Bonchev–Trinajstić information content (AvgIpc) is 3.35. The van der Waals surface area contributed by atoms with Crippen LogP contribution in [0.5, 0.6) is 0 Å². The number of aromatic nitrogens is 2. The molecule has 0 amide bonds. The summed E-state index contributed by atoms with van der Waals surface area (Å²) in [4.78, 5) is 7.74. The lowest BCUT2D eigenvalue weighted by atomic mass is 9.98. The second kappa shape index (κ2) is 7.02. The van der Waals surface area contributed by atoms with Gasteiger partial charge in [-0.25, -0.2) is 4.98 Å². The van der Waals surface area contributed by atoms with Gasteiger partial charge in [-0.1, -0.05) is 72.8 Å². The Kier molecular flexibility index (Phi) is 4.08. The molecule has 0 aliphatic heterocycles. The van der Waals surface area contributed by atoms with Crippen molar-refractivity contribution in [2.75, 3.05) is 5.32 Å². The first-order chi connectivity index (χ1) is 14.3. The summed E-state index contributed by atoms with van der Waals surface area (Å²) >= 11 is 0. The lowest BCUT2D eigenvalue weighted by molar-refractivity contribution is 0.599. The minimum Gasteiger partial charge on any atom is -0.438 e. The Morgan fingerprint density at radius 1 is 0.828 bits per heavy atom. The number of aromatic amines is 1. The van der Waals surface area contributed by atoms with Gasteiger partial charge >= 0.3 is 0 Å². The Balaban J connectivity index is 1.68. The van der Waals surface area contributed by atoms with Crippen LogP contribution in [0.1, 0.15) is 5.56 Å². The van der Waals surface area contributed by atoms with Crippen molar-refractivity contribution in [3.8, 4) is 28.5 Å². The number of H-pyrrole nitrogens is 1. The molecule has 29 heavy (non-hydrogen) atoms. The largest absolute Gasteiger partial charge is 0.438 e. The van der Waals surface area contributed by atoms with E-state index in [2.05, 4.69) is 21.4 Å². The minimum atomic E-state index is 0.365. The fourth-order valence-electron chi connectivity index (χ4n) is 3.42. The SMILES string of the molecule is N#Cc1c(Nc2nc3ccccc3[nH]2)oc(-c2ccccc2)c1-c1ccccc1. The lowest BCUT2D eigenvalue weighted by Crippen LogP contribution is -1.93. The van der Waals surface area contributed by atoms with Crippen LogP contribution in [0.2, 0.25) is 0 Å². The molecule has 5 nitrogen and oxygen atoms in total. The predicted octanol–water partition coefficient (Wildman–Crippen LogP) is 6.11. The number of imidazole rings is 1. The predicted molar refractivity (Wildman–Crippen MR) is 114 cm³/mol. The summed E-state index contributed by atoms with van der Waals surface area (Å²) in [7, 11) is 0. The third-order valence-corrected chi connectivity index (χ3v) is 4.74. The number of nitriles is 1. The summed E-state index contributed by atoms with van der Waals surface area (Å²) in [5, 5.41) is 13.1. The first-order valence-corrected chi connectivity index (χ1v) is 9.23. The highest BCUT2D eigenvalue weighted by Crippen LogP contribution is 2.42. The number of nitrogens with one attached hydrogen (secondary N) is 2. The van der Waals surface area contributed by atoms with Crippen molar-refractivity contribution in [3.05, 3.63) is 90.5 Å². The molecule has 138 valence electrons. The monoisotopic (exact) mass is 376 g/mol. The van der Waals surface area contributed by atoms with E-state index in [1.165, 1.54) is 0 Å². The molecule has 0 spiro atoms. The average molecular weight is 376 g/mol. The number of rotatable bonds is 4. The van der Waals surface area contributed by atoms with Crippen molar-refractivity contribution in [3.63, 3.8) is 0 Å². The van der Waals surface area contributed by atoms with Gasteiger partial charge in [0.15, 0.2) is 0 Å². The van der Waals surface area contributed by atoms with E-state index in [1.807, 2.05) is 84.9 Å². The molecule has 0 saturated heterocycles. The standard InChI is InChI=1S/C24H16N4O/c25-15-18-21(16-9-3-1-4-10-16)22(17-11-5-2-6-12-17)29-23(18)28-24-26-19-13-7-8-14-20(19)27-24/h1-14H,(H2,26,27,28). The molecule has 0 bridgehead atoms. The Bertz CT molecular complexity index is 1300. The van der Waals surface area contributed by atoms with Gasteiger partial charge in [-0.2, -0.15) is 5.26 Å². The molecule has 0 radical (unpaired) electrons. The van der Waals surface area contributed by atoms with E-state index in [9.17, 15) is 5.26 Å². The second-order valence-corrected chi connectivity index (χ2v) is 6.58. The molecule has 0 aliphatic rings. The second-order valence-electron chi connectivity index (χ2n) is 6.58. The van der Waals surface area contributed by atoms with Crippen LogP contribution in [-0.4, -0.2) is 9.97 Å². The number of nitrogens with zero attached hydrogens (tertiary/aromatic N) is 2. The van der Waals surface area contributed by atoms with Gasteiger partial charge in [-0.05, 0) is 17.7 Å². The summed E-state index contributed by atoms with van der Waals surface area (Å²) in [5.41, 5.74) is 4.77. The molecule has 0 unspecified atom stereocenters. The van der Waals surface area contributed by atoms with E-state index in [1.54, 1.807) is 0 Å². The highest BCUT2D eigenvalue weighted by Gasteiger charge is 2.23. The molecule has 5 rings (SSSR count). The molecule has 0 fully saturated rings. The molecule has 2 heterocycles. The summed E-state index contributed by atoms with van der Waals surface area (Å²) in [6.07, 6.45) is 0. The minimum absolute atomic E-state index is 0.365. The zero-order valence-corrected chi connectivity index (χ0v) is 15.4. The van der Waals surface area contributed by atoms with Crippen molar-refractivity contribution < 1.29 is 4.42 Å². The Labute approximate surface area is 167 Å². The topological polar surface area (TPSA) is 77.6 Å². The maximum atomic E-state index is 9.96. The Morgan fingerprint density at radius 2 is 1.48 bits per heavy atom. The summed E-state index contributed by atoms with van der Waals surface area (Å²) in [5.74, 6) is 1.53. The maximum absolute atomic E-state index is 9.96.